The number of carbonyl (C=O) groups excluding carboxylic acids is 2. The van der Waals surface area contributed by atoms with Gasteiger partial charge in [0, 0.05) is 18.7 Å². The lowest BCUT2D eigenvalue weighted by molar-refractivity contribution is -0.150. The summed E-state index contributed by atoms with van der Waals surface area (Å²) in [5.41, 5.74) is 5.16. The fourth-order valence-electron chi connectivity index (χ4n) is 0.429. The molecular formula is C7H13NO4S. The Kier molecular flexibility index (Phi) is 7.42. The van der Waals surface area contributed by atoms with Crippen molar-refractivity contribution in [2.75, 3.05) is 19.1 Å². The molecular weight excluding hydrogens is 194 g/mol. The summed E-state index contributed by atoms with van der Waals surface area (Å²) in [6, 6.07) is 0. The van der Waals surface area contributed by atoms with Crippen molar-refractivity contribution in [2.45, 2.75) is 13.3 Å². The zero-order valence-corrected chi connectivity index (χ0v) is 8.26. The van der Waals surface area contributed by atoms with Crippen molar-refractivity contribution in [2.24, 2.45) is 5.73 Å². The molecule has 0 bridgehead atoms. The Hall–Kier alpha value is -0.750. The Labute approximate surface area is 80.9 Å². The molecule has 0 amide bonds. The molecule has 0 aromatic heterocycles. The normalized spacial score (nSPS) is 9.38. The number of thioether (sulfide) groups is 1. The summed E-state index contributed by atoms with van der Waals surface area (Å²) in [6.45, 7) is 1.75. The SMILES string of the molecule is CCC(=O)OCOC(=O)SCCN. The molecule has 0 aliphatic carbocycles. The predicted molar refractivity (Wildman–Crippen MR) is 49.2 cm³/mol. The Morgan fingerprint density at radius 3 is 2.62 bits per heavy atom. The van der Waals surface area contributed by atoms with Gasteiger partial charge >= 0.3 is 11.3 Å². The van der Waals surface area contributed by atoms with E-state index in [4.69, 9.17) is 5.73 Å². The first-order valence-corrected chi connectivity index (χ1v) is 4.84. The lowest BCUT2D eigenvalue weighted by Gasteiger charge is -2.03. The molecule has 0 heterocycles. The van der Waals surface area contributed by atoms with Crippen molar-refractivity contribution in [1.29, 1.82) is 0 Å². The van der Waals surface area contributed by atoms with Crippen molar-refractivity contribution >= 4 is 23.0 Å². The van der Waals surface area contributed by atoms with Gasteiger partial charge in [-0.15, -0.1) is 0 Å². The molecule has 0 saturated carbocycles. The van der Waals surface area contributed by atoms with Gasteiger partial charge in [-0.25, -0.2) is 4.79 Å². The van der Waals surface area contributed by atoms with Crippen LogP contribution >= 0.6 is 11.8 Å². The van der Waals surface area contributed by atoms with Gasteiger partial charge < -0.3 is 15.2 Å². The highest BCUT2D eigenvalue weighted by molar-refractivity contribution is 8.13. The molecule has 0 aromatic rings. The highest BCUT2D eigenvalue weighted by Gasteiger charge is 2.03. The molecule has 0 rings (SSSR count). The topological polar surface area (TPSA) is 78.6 Å². The van der Waals surface area contributed by atoms with E-state index in [1.54, 1.807) is 6.92 Å². The van der Waals surface area contributed by atoms with E-state index in [9.17, 15) is 9.59 Å². The molecule has 0 unspecified atom stereocenters. The first-order chi connectivity index (χ1) is 6.20. The van der Waals surface area contributed by atoms with Crippen LogP contribution in [-0.2, 0) is 14.3 Å². The van der Waals surface area contributed by atoms with E-state index in [0.717, 1.165) is 11.8 Å². The number of ether oxygens (including phenoxy) is 2. The molecule has 0 atom stereocenters. The zero-order valence-electron chi connectivity index (χ0n) is 7.45. The second kappa shape index (κ2) is 7.88. The van der Waals surface area contributed by atoms with Crippen molar-refractivity contribution < 1.29 is 19.1 Å². The molecule has 76 valence electrons. The van der Waals surface area contributed by atoms with Crippen LogP contribution in [0.5, 0.6) is 0 Å². The third-order valence-electron chi connectivity index (χ3n) is 1.02. The third kappa shape index (κ3) is 7.61. The standard InChI is InChI=1S/C7H13NO4S/c1-2-6(9)11-5-12-7(10)13-4-3-8/h2-5,8H2,1H3. The second-order valence-corrected chi connectivity index (χ2v) is 3.05. The van der Waals surface area contributed by atoms with Gasteiger partial charge in [0.2, 0.25) is 6.79 Å². The van der Waals surface area contributed by atoms with Crippen LogP contribution in [0.2, 0.25) is 0 Å². The highest BCUT2D eigenvalue weighted by atomic mass is 32.2. The van der Waals surface area contributed by atoms with Gasteiger partial charge in [-0.3, -0.25) is 4.79 Å². The van der Waals surface area contributed by atoms with Crippen molar-refractivity contribution in [3.63, 3.8) is 0 Å². The van der Waals surface area contributed by atoms with E-state index < -0.39 is 11.3 Å². The van der Waals surface area contributed by atoms with Gasteiger partial charge in [0.15, 0.2) is 0 Å². The average molecular weight is 207 g/mol. The maximum atomic E-state index is 10.8. The van der Waals surface area contributed by atoms with Crippen LogP contribution in [0.3, 0.4) is 0 Å². The van der Waals surface area contributed by atoms with Crippen LogP contribution in [0, 0.1) is 0 Å². The van der Waals surface area contributed by atoms with Crippen LogP contribution in [0.25, 0.3) is 0 Å². The van der Waals surface area contributed by atoms with Gasteiger partial charge in [0.05, 0.1) is 0 Å². The number of hydrogen-bond donors (Lipinski definition) is 1. The van der Waals surface area contributed by atoms with Gasteiger partial charge in [0.25, 0.3) is 0 Å². The summed E-state index contributed by atoms with van der Waals surface area (Å²) in [5, 5.41) is -0.477. The quantitative estimate of drug-likeness (QED) is 0.528. The largest absolute Gasteiger partial charge is 0.428 e. The second-order valence-electron chi connectivity index (χ2n) is 2.02. The monoisotopic (exact) mass is 207 g/mol. The maximum absolute atomic E-state index is 10.8. The van der Waals surface area contributed by atoms with Gasteiger partial charge in [-0.05, 0) is 11.8 Å². The van der Waals surface area contributed by atoms with Crippen LogP contribution < -0.4 is 5.73 Å². The minimum Gasteiger partial charge on any atom is -0.428 e. The maximum Gasteiger partial charge on any atom is 0.370 e. The van der Waals surface area contributed by atoms with E-state index in [-0.39, 0.29) is 13.2 Å². The van der Waals surface area contributed by atoms with Gasteiger partial charge in [0.1, 0.15) is 0 Å². The van der Waals surface area contributed by atoms with E-state index in [0.29, 0.717) is 12.3 Å². The van der Waals surface area contributed by atoms with Crippen LogP contribution in [0.4, 0.5) is 4.79 Å². The Balaban J connectivity index is 3.31. The Morgan fingerprint density at radius 2 is 2.08 bits per heavy atom. The molecule has 0 aliphatic heterocycles. The van der Waals surface area contributed by atoms with Crippen molar-refractivity contribution in [3.8, 4) is 0 Å². The minimum atomic E-state index is -0.477. The molecule has 6 heteroatoms. The van der Waals surface area contributed by atoms with E-state index >= 15 is 0 Å². The van der Waals surface area contributed by atoms with Crippen LogP contribution in [0.1, 0.15) is 13.3 Å². The first-order valence-electron chi connectivity index (χ1n) is 3.86. The summed E-state index contributed by atoms with van der Waals surface area (Å²) in [7, 11) is 0. The van der Waals surface area contributed by atoms with E-state index in [1.165, 1.54) is 0 Å². The summed E-state index contributed by atoms with van der Waals surface area (Å²) in [6.07, 6.45) is 0.271. The summed E-state index contributed by atoms with van der Waals surface area (Å²) >= 11 is 0.958. The number of nitrogens with two attached hydrogens (primary N) is 1. The first kappa shape index (κ1) is 12.2. The Morgan fingerprint density at radius 1 is 1.38 bits per heavy atom. The molecule has 2 N–H and O–H groups in total. The average Bonchev–Trinajstić information content (AvgIpc) is 2.14. The number of rotatable bonds is 5. The van der Waals surface area contributed by atoms with Gasteiger partial charge in [-0.1, -0.05) is 6.92 Å². The van der Waals surface area contributed by atoms with Crippen molar-refractivity contribution in [1.82, 2.24) is 0 Å². The fraction of sp³-hybridized carbons (Fsp3) is 0.714. The number of carbonyl (C=O) groups is 2. The third-order valence-corrected chi connectivity index (χ3v) is 1.82. The molecule has 5 nitrogen and oxygen atoms in total. The minimum absolute atomic E-state index is 0.271. The van der Waals surface area contributed by atoms with Crippen molar-refractivity contribution in [3.05, 3.63) is 0 Å². The zero-order chi connectivity index (χ0) is 10.1. The van der Waals surface area contributed by atoms with E-state index in [1.807, 2.05) is 0 Å². The highest BCUT2D eigenvalue weighted by Crippen LogP contribution is 2.03. The lowest BCUT2D eigenvalue weighted by Crippen LogP contribution is -2.10. The Bertz CT molecular complexity index is 174. The molecule has 0 aromatic carbocycles. The number of hydrogen-bond acceptors (Lipinski definition) is 6. The molecule has 0 fully saturated rings. The van der Waals surface area contributed by atoms with Crippen LogP contribution in [0.15, 0.2) is 0 Å². The number of esters is 1. The smallest absolute Gasteiger partial charge is 0.370 e. The summed E-state index contributed by atoms with van der Waals surface area (Å²) in [5.74, 6) is 0.109. The van der Waals surface area contributed by atoms with E-state index in [2.05, 4.69) is 9.47 Å². The van der Waals surface area contributed by atoms with Crippen LogP contribution in [-0.4, -0.2) is 30.4 Å². The molecule has 0 saturated heterocycles. The predicted octanol–water partition coefficient (Wildman–Crippen LogP) is 0.726. The molecule has 0 spiro atoms. The van der Waals surface area contributed by atoms with Gasteiger partial charge in [-0.2, -0.15) is 0 Å². The lowest BCUT2D eigenvalue weighted by atomic mass is 10.5. The fourth-order valence-corrected chi connectivity index (χ4v) is 0.845. The summed E-state index contributed by atoms with van der Waals surface area (Å²) < 4.78 is 9.06. The molecule has 13 heavy (non-hydrogen) atoms. The molecule has 0 radical (unpaired) electrons. The molecule has 0 aliphatic rings. The summed E-state index contributed by atoms with van der Waals surface area (Å²) in [4.78, 5) is 21.3.